The molecule has 1 aromatic carbocycles. The molecule has 0 fully saturated rings. The van der Waals surface area contributed by atoms with Crippen molar-refractivity contribution in [3.8, 4) is 0 Å². The first-order valence-electron chi connectivity index (χ1n) is 7.56. The monoisotopic (exact) mass is 257 g/mol. The molecule has 0 saturated heterocycles. The lowest BCUT2D eigenvalue weighted by Gasteiger charge is -2.40. The third-order valence-corrected chi connectivity index (χ3v) is 4.19. The van der Waals surface area contributed by atoms with Crippen LogP contribution in [-0.4, -0.2) is 24.6 Å². The van der Waals surface area contributed by atoms with Gasteiger partial charge in [-0.15, -0.1) is 0 Å². The quantitative estimate of drug-likeness (QED) is 0.814. The minimum atomic E-state index is 0.539. The van der Waals surface area contributed by atoms with Gasteiger partial charge >= 0.3 is 0 Å². The van der Waals surface area contributed by atoms with Crippen molar-refractivity contribution in [2.24, 2.45) is 0 Å². The zero-order valence-corrected chi connectivity index (χ0v) is 11.8. The van der Waals surface area contributed by atoms with E-state index in [-0.39, 0.29) is 0 Å². The van der Waals surface area contributed by atoms with Crippen LogP contribution >= 0.6 is 0 Å². The minimum absolute atomic E-state index is 0.539. The van der Waals surface area contributed by atoms with Crippen LogP contribution in [0.5, 0.6) is 0 Å². The predicted octanol–water partition coefficient (Wildman–Crippen LogP) is 3.91. The second kappa shape index (κ2) is 5.68. The summed E-state index contributed by atoms with van der Waals surface area (Å²) in [7, 11) is 0. The first-order chi connectivity index (χ1) is 9.40. The third-order valence-electron chi connectivity index (χ3n) is 4.19. The summed E-state index contributed by atoms with van der Waals surface area (Å²) in [6.45, 7) is 5.33. The first kappa shape index (κ1) is 12.6. The Morgan fingerprint density at radius 1 is 1.26 bits per heavy atom. The molecule has 1 aliphatic carbocycles. The molecule has 1 aliphatic heterocycles. The fourth-order valence-corrected chi connectivity index (χ4v) is 3.38. The van der Waals surface area contributed by atoms with Gasteiger partial charge in [-0.1, -0.05) is 37.3 Å². The maximum absolute atomic E-state index is 5.95. The van der Waals surface area contributed by atoms with E-state index >= 15 is 0 Å². The van der Waals surface area contributed by atoms with Gasteiger partial charge in [0, 0.05) is 18.9 Å². The lowest BCUT2D eigenvalue weighted by molar-refractivity contribution is 0.104. The summed E-state index contributed by atoms with van der Waals surface area (Å²) in [5.41, 5.74) is 2.92. The van der Waals surface area contributed by atoms with Crippen molar-refractivity contribution in [2.75, 3.05) is 19.7 Å². The SMILES string of the molecule is CCCN1CCOC2=C1C(c1ccccc1)CCC2. The molecule has 0 N–H and O–H groups in total. The summed E-state index contributed by atoms with van der Waals surface area (Å²) in [5.74, 6) is 1.80. The maximum Gasteiger partial charge on any atom is 0.116 e. The molecule has 102 valence electrons. The molecule has 0 bridgehead atoms. The van der Waals surface area contributed by atoms with Gasteiger partial charge in [0.15, 0.2) is 0 Å². The van der Waals surface area contributed by atoms with Gasteiger partial charge in [0.2, 0.25) is 0 Å². The number of ether oxygens (including phenoxy) is 1. The molecule has 0 saturated carbocycles. The standard InChI is InChI=1S/C17H23NO/c1-2-11-18-12-13-19-16-10-6-9-15(17(16)18)14-7-4-3-5-8-14/h3-5,7-8,15H,2,6,9-13H2,1H3. The highest BCUT2D eigenvalue weighted by molar-refractivity contribution is 5.32. The molecular weight excluding hydrogens is 234 g/mol. The van der Waals surface area contributed by atoms with Crippen molar-refractivity contribution in [2.45, 2.75) is 38.5 Å². The molecule has 2 heteroatoms. The van der Waals surface area contributed by atoms with Crippen LogP contribution in [0.1, 0.15) is 44.1 Å². The van der Waals surface area contributed by atoms with Gasteiger partial charge in [0.1, 0.15) is 12.4 Å². The van der Waals surface area contributed by atoms with Crippen LogP contribution < -0.4 is 0 Å². The Hall–Kier alpha value is -1.44. The van der Waals surface area contributed by atoms with Gasteiger partial charge in [-0.25, -0.2) is 0 Å². The maximum atomic E-state index is 5.95. The number of allylic oxidation sites excluding steroid dienone is 2. The summed E-state index contributed by atoms with van der Waals surface area (Å²) < 4.78 is 5.95. The summed E-state index contributed by atoms with van der Waals surface area (Å²) in [6.07, 6.45) is 4.84. The number of nitrogens with zero attached hydrogens (tertiary/aromatic N) is 1. The van der Waals surface area contributed by atoms with Crippen LogP contribution in [0.25, 0.3) is 0 Å². The lowest BCUT2D eigenvalue weighted by atomic mass is 9.84. The van der Waals surface area contributed by atoms with Crippen LogP contribution in [0.3, 0.4) is 0 Å². The molecule has 2 aliphatic rings. The van der Waals surface area contributed by atoms with Crippen LogP contribution in [0.2, 0.25) is 0 Å². The molecule has 3 rings (SSSR count). The van der Waals surface area contributed by atoms with Crippen LogP contribution in [0.4, 0.5) is 0 Å². The highest BCUT2D eigenvalue weighted by Crippen LogP contribution is 2.41. The second-order valence-electron chi connectivity index (χ2n) is 5.50. The Balaban J connectivity index is 1.95. The van der Waals surface area contributed by atoms with Gasteiger partial charge in [-0.3, -0.25) is 0 Å². The Labute approximate surface area is 116 Å². The topological polar surface area (TPSA) is 12.5 Å². The average molecular weight is 257 g/mol. The van der Waals surface area contributed by atoms with Crippen molar-refractivity contribution in [1.82, 2.24) is 4.90 Å². The molecule has 1 unspecified atom stereocenters. The molecule has 0 radical (unpaired) electrons. The molecule has 19 heavy (non-hydrogen) atoms. The fourth-order valence-electron chi connectivity index (χ4n) is 3.38. The normalized spacial score (nSPS) is 23.0. The van der Waals surface area contributed by atoms with E-state index in [4.69, 9.17) is 4.74 Å². The van der Waals surface area contributed by atoms with Crippen molar-refractivity contribution < 1.29 is 4.74 Å². The highest BCUT2D eigenvalue weighted by Gasteiger charge is 2.31. The molecule has 0 amide bonds. The van der Waals surface area contributed by atoms with Crippen LogP contribution in [0, 0.1) is 0 Å². The summed E-state index contributed by atoms with van der Waals surface area (Å²) in [5, 5.41) is 0. The van der Waals surface area contributed by atoms with Gasteiger partial charge in [0.25, 0.3) is 0 Å². The van der Waals surface area contributed by atoms with E-state index < -0.39 is 0 Å². The Morgan fingerprint density at radius 2 is 2.11 bits per heavy atom. The van der Waals surface area contributed by atoms with Gasteiger partial charge in [0.05, 0.1) is 12.2 Å². The van der Waals surface area contributed by atoms with E-state index in [9.17, 15) is 0 Å². The molecular formula is C17H23NO. The number of rotatable bonds is 3. The molecule has 0 spiro atoms. The molecule has 1 heterocycles. The van der Waals surface area contributed by atoms with E-state index in [0.717, 1.165) is 26.1 Å². The number of hydrogen-bond donors (Lipinski definition) is 0. The minimum Gasteiger partial charge on any atom is -0.494 e. The van der Waals surface area contributed by atoms with Gasteiger partial charge in [-0.05, 0) is 24.8 Å². The van der Waals surface area contributed by atoms with Crippen molar-refractivity contribution in [1.29, 1.82) is 0 Å². The molecule has 1 atom stereocenters. The van der Waals surface area contributed by atoms with Crippen molar-refractivity contribution in [3.05, 3.63) is 47.4 Å². The summed E-state index contributed by atoms with van der Waals surface area (Å²) in [6, 6.07) is 10.9. The summed E-state index contributed by atoms with van der Waals surface area (Å²) in [4.78, 5) is 2.57. The fraction of sp³-hybridized carbons (Fsp3) is 0.529. The zero-order chi connectivity index (χ0) is 13.1. The van der Waals surface area contributed by atoms with Gasteiger partial charge < -0.3 is 9.64 Å². The first-order valence-corrected chi connectivity index (χ1v) is 7.56. The summed E-state index contributed by atoms with van der Waals surface area (Å²) >= 11 is 0. The Kier molecular flexibility index (Phi) is 3.77. The predicted molar refractivity (Wildman–Crippen MR) is 77.9 cm³/mol. The van der Waals surface area contributed by atoms with Crippen LogP contribution in [0.15, 0.2) is 41.8 Å². The average Bonchev–Trinajstić information content (AvgIpc) is 2.48. The van der Waals surface area contributed by atoms with Gasteiger partial charge in [-0.2, -0.15) is 0 Å². The molecule has 2 nitrogen and oxygen atoms in total. The van der Waals surface area contributed by atoms with E-state index in [1.54, 1.807) is 0 Å². The Bertz CT molecular complexity index is 448. The van der Waals surface area contributed by atoms with E-state index in [1.165, 1.54) is 36.3 Å². The van der Waals surface area contributed by atoms with E-state index in [2.05, 4.69) is 42.2 Å². The van der Waals surface area contributed by atoms with Crippen LogP contribution in [-0.2, 0) is 4.74 Å². The largest absolute Gasteiger partial charge is 0.494 e. The zero-order valence-electron chi connectivity index (χ0n) is 11.8. The second-order valence-corrected chi connectivity index (χ2v) is 5.50. The van der Waals surface area contributed by atoms with Crippen molar-refractivity contribution >= 4 is 0 Å². The van der Waals surface area contributed by atoms with Crippen molar-refractivity contribution in [3.63, 3.8) is 0 Å². The smallest absolute Gasteiger partial charge is 0.116 e. The lowest BCUT2D eigenvalue weighted by Crippen LogP contribution is -2.37. The number of hydrogen-bond acceptors (Lipinski definition) is 2. The third kappa shape index (κ3) is 2.49. The number of benzene rings is 1. The molecule has 1 aromatic rings. The van der Waals surface area contributed by atoms with E-state index in [1.807, 2.05) is 0 Å². The highest BCUT2D eigenvalue weighted by atomic mass is 16.5. The Morgan fingerprint density at radius 3 is 2.89 bits per heavy atom. The van der Waals surface area contributed by atoms with E-state index in [0.29, 0.717) is 5.92 Å². The molecule has 0 aromatic heterocycles.